The fourth-order valence-corrected chi connectivity index (χ4v) is 3.14. The van der Waals surface area contributed by atoms with Crippen molar-refractivity contribution in [1.82, 2.24) is 9.88 Å². The Hall–Kier alpha value is -1.74. The summed E-state index contributed by atoms with van der Waals surface area (Å²) in [5.74, 6) is -2.38. The molecule has 0 radical (unpaired) electrons. The van der Waals surface area contributed by atoms with Crippen LogP contribution in [-0.2, 0) is 6.54 Å². The van der Waals surface area contributed by atoms with Gasteiger partial charge in [-0.3, -0.25) is 9.59 Å². The highest BCUT2D eigenvalue weighted by atomic mass is 32.1. The smallest absolute Gasteiger partial charge is 0.334 e. The third-order valence-electron chi connectivity index (χ3n) is 2.50. The first-order valence-corrected chi connectivity index (χ1v) is 7.34. The summed E-state index contributed by atoms with van der Waals surface area (Å²) in [6.45, 7) is 0.261. The van der Waals surface area contributed by atoms with Gasteiger partial charge in [0.25, 0.3) is 11.7 Å². The first-order valence-electron chi connectivity index (χ1n) is 5.64. The van der Waals surface area contributed by atoms with Crippen LogP contribution < -0.4 is 0 Å². The lowest BCUT2D eigenvalue weighted by molar-refractivity contribution is -0.0882. The normalized spacial score (nSPS) is 11.4. The number of hydrogen-bond donors (Lipinski definition) is 0. The van der Waals surface area contributed by atoms with Gasteiger partial charge in [-0.25, -0.2) is 4.98 Å². The fourth-order valence-electron chi connectivity index (χ4n) is 1.51. The van der Waals surface area contributed by atoms with E-state index in [1.54, 1.807) is 11.6 Å². The van der Waals surface area contributed by atoms with Gasteiger partial charge in [-0.15, -0.1) is 22.7 Å². The lowest BCUT2D eigenvalue weighted by Crippen LogP contribution is -2.25. The monoisotopic (exact) mass is 334 g/mol. The highest BCUT2D eigenvalue weighted by Gasteiger charge is 2.40. The Labute approximate surface area is 125 Å². The van der Waals surface area contributed by atoms with Gasteiger partial charge in [-0.1, -0.05) is 0 Å². The van der Waals surface area contributed by atoms with E-state index in [4.69, 9.17) is 0 Å². The van der Waals surface area contributed by atoms with Crippen molar-refractivity contribution in [2.45, 2.75) is 12.7 Å². The zero-order chi connectivity index (χ0) is 15.6. The van der Waals surface area contributed by atoms with Crippen molar-refractivity contribution >= 4 is 34.4 Å². The second-order valence-corrected chi connectivity index (χ2v) is 6.14. The molecule has 2 aromatic rings. The molecule has 1 amide bonds. The highest BCUT2D eigenvalue weighted by molar-refractivity contribution is 7.16. The number of amides is 1. The molecule has 2 heterocycles. The quantitative estimate of drug-likeness (QED) is 0.807. The number of rotatable bonds is 4. The molecule has 2 rings (SSSR count). The van der Waals surface area contributed by atoms with Crippen LogP contribution in [0.15, 0.2) is 23.7 Å². The maximum atomic E-state index is 12.3. The minimum Gasteiger partial charge on any atom is -0.334 e. The van der Waals surface area contributed by atoms with Crippen molar-refractivity contribution in [2.75, 3.05) is 7.05 Å². The molecule has 0 bridgehead atoms. The first kappa shape index (κ1) is 15.6. The molecule has 0 saturated heterocycles. The molecule has 0 aliphatic carbocycles. The van der Waals surface area contributed by atoms with E-state index < -0.39 is 22.7 Å². The van der Waals surface area contributed by atoms with Gasteiger partial charge in [-0.05, 0) is 12.1 Å². The predicted molar refractivity (Wildman–Crippen MR) is 72.6 cm³/mol. The summed E-state index contributed by atoms with van der Waals surface area (Å²) in [5, 5.41) is 2.48. The summed E-state index contributed by atoms with van der Waals surface area (Å²) in [5.41, 5.74) is 0. The van der Waals surface area contributed by atoms with Crippen LogP contribution in [0, 0.1) is 0 Å². The Morgan fingerprint density at radius 3 is 2.52 bits per heavy atom. The van der Waals surface area contributed by atoms with Crippen LogP contribution in [0.3, 0.4) is 0 Å². The number of carbonyl (C=O) groups excluding carboxylic acids is 2. The first-order chi connectivity index (χ1) is 9.79. The van der Waals surface area contributed by atoms with Gasteiger partial charge in [0.1, 0.15) is 5.01 Å². The van der Waals surface area contributed by atoms with E-state index in [1.807, 2.05) is 0 Å². The molecule has 2 aromatic heterocycles. The van der Waals surface area contributed by atoms with Crippen molar-refractivity contribution in [1.29, 1.82) is 0 Å². The lowest BCUT2D eigenvalue weighted by Gasteiger charge is -2.14. The van der Waals surface area contributed by atoms with Gasteiger partial charge in [0.2, 0.25) is 0 Å². The molecule has 21 heavy (non-hydrogen) atoms. The van der Waals surface area contributed by atoms with Crippen LogP contribution in [0.25, 0.3) is 0 Å². The number of alkyl halides is 3. The number of hydrogen-bond acceptors (Lipinski definition) is 5. The molecule has 0 aliphatic heterocycles. The summed E-state index contributed by atoms with van der Waals surface area (Å²) in [6, 6.07) is 2.25. The third kappa shape index (κ3) is 3.67. The van der Waals surface area contributed by atoms with Gasteiger partial charge < -0.3 is 4.90 Å². The Balaban J connectivity index is 2.10. The molecular weight excluding hydrogens is 325 g/mol. The second kappa shape index (κ2) is 5.94. The van der Waals surface area contributed by atoms with E-state index in [2.05, 4.69) is 4.98 Å². The van der Waals surface area contributed by atoms with Gasteiger partial charge in [0.15, 0.2) is 0 Å². The molecule has 0 unspecified atom stereocenters. The molecule has 0 aliphatic rings. The van der Waals surface area contributed by atoms with Crippen molar-refractivity contribution in [3.8, 4) is 0 Å². The zero-order valence-electron chi connectivity index (χ0n) is 10.7. The van der Waals surface area contributed by atoms with Crippen molar-refractivity contribution < 1.29 is 22.8 Å². The summed E-state index contributed by atoms with van der Waals surface area (Å²) >= 11 is 1.91. The van der Waals surface area contributed by atoms with Gasteiger partial charge in [0.05, 0.1) is 16.3 Å². The maximum Gasteiger partial charge on any atom is 0.455 e. The Bertz CT molecular complexity index is 650. The Morgan fingerprint density at radius 1 is 1.29 bits per heavy atom. The average molecular weight is 334 g/mol. The predicted octanol–water partition coefficient (Wildman–Crippen LogP) is 3.22. The topological polar surface area (TPSA) is 50.3 Å². The van der Waals surface area contributed by atoms with Crippen molar-refractivity contribution in [3.05, 3.63) is 38.5 Å². The third-order valence-corrected chi connectivity index (χ3v) is 4.34. The van der Waals surface area contributed by atoms with Crippen LogP contribution in [-0.4, -0.2) is 34.8 Å². The number of nitrogens with zero attached hydrogens (tertiary/aromatic N) is 2. The van der Waals surface area contributed by atoms with Gasteiger partial charge in [0, 0.05) is 18.6 Å². The number of halogens is 3. The summed E-state index contributed by atoms with van der Waals surface area (Å²) in [4.78, 5) is 28.1. The molecule has 0 aromatic carbocycles. The van der Waals surface area contributed by atoms with Crippen LogP contribution in [0.4, 0.5) is 13.2 Å². The number of ketones is 1. The van der Waals surface area contributed by atoms with Crippen LogP contribution >= 0.6 is 22.7 Å². The number of aromatic nitrogens is 1. The van der Waals surface area contributed by atoms with E-state index in [1.165, 1.54) is 29.4 Å². The zero-order valence-corrected chi connectivity index (χ0v) is 12.3. The molecule has 0 fully saturated rings. The minimum absolute atomic E-state index is 0.0849. The molecule has 4 nitrogen and oxygen atoms in total. The molecule has 0 saturated carbocycles. The van der Waals surface area contributed by atoms with E-state index in [-0.39, 0.29) is 11.4 Å². The van der Waals surface area contributed by atoms with Crippen LogP contribution in [0.2, 0.25) is 0 Å². The maximum absolute atomic E-state index is 12.3. The van der Waals surface area contributed by atoms with Crippen molar-refractivity contribution in [3.63, 3.8) is 0 Å². The lowest BCUT2D eigenvalue weighted by atomic mass is 10.3. The second-order valence-electron chi connectivity index (χ2n) is 4.08. The van der Waals surface area contributed by atoms with Crippen molar-refractivity contribution in [2.24, 2.45) is 0 Å². The Kier molecular flexibility index (Phi) is 4.43. The molecule has 112 valence electrons. The molecule has 9 heteroatoms. The van der Waals surface area contributed by atoms with Gasteiger partial charge in [-0.2, -0.15) is 13.2 Å². The summed E-state index contributed by atoms with van der Waals surface area (Å²) < 4.78 is 36.9. The number of carbonyl (C=O) groups is 2. The van der Waals surface area contributed by atoms with Crippen LogP contribution in [0.1, 0.15) is 24.4 Å². The molecular formula is C12H9F3N2O2S2. The summed E-state index contributed by atoms with van der Waals surface area (Å²) in [6.07, 6.45) is -3.33. The molecule has 0 spiro atoms. The standard InChI is InChI=1S/C12H9F3N2O2S2/c1-17(6-9-16-4-5-20-9)11(19)8-3-2-7(21-8)10(18)12(13,14)15/h2-5H,6H2,1H3. The van der Waals surface area contributed by atoms with Crippen LogP contribution in [0.5, 0.6) is 0 Å². The van der Waals surface area contributed by atoms with E-state index in [0.29, 0.717) is 16.3 Å². The van der Waals surface area contributed by atoms with E-state index in [9.17, 15) is 22.8 Å². The highest BCUT2D eigenvalue weighted by Crippen LogP contribution is 2.27. The summed E-state index contributed by atoms with van der Waals surface area (Å²) in [7, 11) is 1.52. The average Bonchev–Trinajstić information content (AvgIpc) is 3.06. The fraction of sp³-hybridized carbons (Fsp3) is 0.250. The number of thiophene rings is 1. The van der Waals surface area contributed by atoms with E-state index in [0.717, 1.165) is 6.07 Å². The van der Waals surface area contributed by atoms with Gasteiger partial charge >= 0.3 is 6.18 Å². The van der Waals surface area contributed by atoms with E-state index >= 15 is 0 Å². The number of thiazole rings is 1. The molecule has 0 N–H and O–H groups in total. The SMILES string of the molecule is CN(Cc1nccs1)C(=O)c1ccc(C(=O)C(F)(F)F)s1. The number of Topliss-reactive ketones (excluding diaryl/α,β-unsaturated/α-hetero) is 1. The largest absolute Gasteiger partial charge is 0.455 e. The molecule has 0 atom stereocenters. The Morgan fingerprint density at radius 2 is 1.95 bits per heavy atom. The minimum atomic E-state index is -4.93.